The smallest absolute Gasteiger partial charge is 0.244 e. The van der Waals surface area contributed by atoms with E-state index in [4.69, 9.17) is 4.52 Å². The van der Waals surface area contributed by atoms with Crippen LogP contribution in [-0.2, 0) is 20.4 Å². The first-order valence-corrected chi connectivity index (χ1v) is 11.3. The van der Waals surface area contributed by atoms with Crippen molar-refractivity contribution in [3.63, 3.8) is 0 Å². The summed E-state index contributed by atoms with van der Waals surface area (Å²) in [5, 5.41) is 7.05. The van der Waals surface area contributed by atoms with Gasteiger partial charge in [-0.3, -0.25) is 4.79 Å². The molecule has 1 heterocycles. The second-order valence-corrected chi connectivity index (χ2v) is 9.43. The van der Waals surface area contributed by atoms with Crippen LogP contribution < -0.4 is 10.0 Å². The van der Waals surface area contributed by atoms with E-state index in [1.54, 1.807) is 37.3 Å². The summed E-state index contributed by atoms with van der Waals surface area (Å²) in [5.41, 5.74) is 0.146. The Hall–Kier alpha value is -2.52. The summed E-state index contributed by atoms with van der Waals surface area (Å²) in [6.07, 6.45) is 8.40. The average Bonchev–Trinajstić information content (AvgIpc) is 3.17. The molecule has 2 N–H and O–H groups in total. The molecule has 2 saturated carbocycles. The Bertz CT molecular complexity index is 1020. The quantitative estimate of drug-likeness (QED) is 0.670. The first-order chi connectivity index (χ1) is 13.9. The van der Waals surface area contributed by atoms with Gasteiger partial charge in [0, 0.05) is 19.0 Å². The molecule has 4 rings (SSSR count). The Morgan fingerprint density at radius 3 is 2.48 bits per heavy atom. The zero-order valence-electron chi connectivity index (χ0n) is 16.2. The van der Waals surface area contributed by atoms with Gasteiger partial charge in [0.2, 0.25) is 21.8 Å². The summed E-state index contributed by atoms with van der Waals surface area (Å²) < 4.78 is 32.2. The van der Waals surface area contributed by atoms with Crippen LogP contribution in [0.1, 0.15) is 55.8 Å². The number of hydrogen-bond donors (Lipinski definition) is 2. The zero-order chi connectivity index (χ0) is 20.5. The molecule has 0 spiro atoms. The van der Waals surface area contributed by atoms with E-state index in [0.717, 1.165) is 44.1 Å². The lowest BCUT2D eigenvalue weighted by Gasteiger charge is -2.25. The van der Waals surface area contributed by atoms with Crippen molar-refractivity contribution in [3.05, 3.63) is 47.6 Å². The molecule has 0 aliphatic heterocycles. The van der Waals surface area contributed by atoms with Gasteiger partial charge in [0.15, 0.2) is 5.82 Å². The van der Waals surface area contributed by atoms with Crippen molar-refractivity contribution in [2.45, 2.75) is 61.9 Å². The minimum absolute atomic E-state index is 0.0640. The molecule has 1 aromatic carbocycles. The molecular weight excluding hydrogens is 392 g/mol. The molecule has 154 valence electrons. The van der Waals surface area contributed by atoms with Gasteiger partial charge in [-0.25, -0.2) is 13.1 Å². The van der Waals surface area contributed by atoms with Crippen LogP contribution in [-0.4, -0.2) is 30.5 Å². The van der Waals surface area contributed by atoms with E-state index in [1.807, 2.05) is 0 Å². The molecule has 1 aromatic heterocycles. The Morgan fingerprint density at radius 2 is 1.90 bits per heavy atom. The van der Waals surface area contributed by atoms with E-state index >= 15 is 0 Å². The summed E-state index contributed by atoms with van der Waals surface area (Å²) in [5.74, 6) is 0.746. The Kier molecular flexibility index (Phi) is 5.26. The predicted molar refractivity (Wildman–Crippen MR) is 106 cm³/mol. The number of nitrogens with zero attached hydrogens (tertiary/aromatic N) is 2. The maximum atomic E-state index is 12.5. The molecule has 0 radical (unpaired) electrons. The van der Waals surface area contributed by atoms with Gasteiger partial charge in [0.25, 0.3) is 0 Å². The standard InChI is InChI=1S/C20H24N4O4S/c1-14-21-19(23-28-14)20(12-2-3-13-20)22-18(25)11-6-15-4-9-17(10-5-15)29(26,27)24-16-7-8-16/h4-6,9-11,16,24H,2-3,7-8,12-13H2,1H3,(H,22,25)/b11-6+. The number of carbonyl (C=O) groups is 1. The van der Waals surface area contributed by atoms with Crippen molar-refractivity contribution in [2.24, 2.45) is 0 Å². The lowest BCUT2D eigenvalue weighted by molar-refractivity contribution is -0.118. The Labute approximate surface area is 169 Å². The van der Waals surface area contributed by atoms with Crippen molar-refractivity contribution < 1.29 is 17.7 Å². The van der Waals surface area contributed by atoms with Crippen LogP contribution in [0, 0.1) is 6.92 Å². The lowest BCUT2D eigenvalue weighted by atomic mass is 9.96. The van der Waals surface area contributed by atoms with Crippen molar-refractivity contribution in [1.29, 1.82) is 0 Å². The monoisotopic (exact) mass is 416 g/mol. The van der Waals surface area contributed by atoms with Crippen LogP contribution in [0.3, 0.4) is 0 Å². The van der Waals surface area contributed by atoms with Gasteiger partial charge in [-0.2, -0.15) is 4.98 Å². The SMILES string of the molecule is Cc1nc(C2(NC(=O)/C=C/c3ccc(S(=O)(=O)NC4CC4)cc3)CCCC2)no1. The van der Waals surface area contributed by atoms with Gasteiger partial charge >= 0.3 is 0 Å². The molecule has 29 heavy (non-hydrogen) atoms. The van der Waals surface area contributed by atoms with E-state index < -0.39 is 15.6 Å². The maximum Gasteiger partial charge on any atom is 0.244 e. The molecule has 8 nitrogen and oxygen atoms in total. The van der Waals surface area contributed by atoms with Crippen LogP contribution in [0.15, 0.2) is 39.8 Å². The van der Waals surface area contributed by atoms with Crippen LogP contribution >= 0.6 is 0 Å². The maximum absolute atomic E-state index is 12.5. The molecule has 2 aliphatic rings. The number of benzene rings is 1. The highest BCUT2D eigenvalue weighted by Gasteiger charge is 2.40. The summed E-state index contributed by atoms with van der Waals surface area (Å²) in [4.78, 5) is 17.1. The van der Waals surface area contributed by atoms with E-state index in [9.17, 15) is 13.2 Å². The van der Waals surface area contributed by atoms with Crippen molar-refractivity contribution >= 4 is 22.0 Å². The number of carbonyl (C=O) groups excluding carboxylic acids is 1. The first kappa shape index (κ1) is 19.8. The summed E-state index contributed by atoms with van der Waals surface area (Å²) in [7, 11) is -3.47. The van der Waals surface area contributed by atoms with Gasteiger partial charge in [0.1, 0.15) is 5.54 Å². The summed E-state index contributed by atoms with van der Waals surface area (Å²) in [6, 6.07) is 6.51. The van der Waals surface area contributed by atoms with E-state index in [2.05, 4.69) is 20.2 Å². The highest BCUT2D eigenvalue weighted by molar-refractivity contribution is 7.89. The number of rotatable bonds is 7. The van der Waals surface area contributed by atoms with Crippen LogP contribution in [0.25, 0.3) is 6.08 Å². The number of sulfonamides is 1. The lowest BCUT2D eigenvalue weighted by Crippen LogP contribution is -2.44. The van der Waals surface area contributed by atoms with Crippen LogP contribution in [0.5, 0.6) is 0 Å². The van der Waals surface area contributed by atoms with Crippen LogP contribution in [0.4, 0.5) is 0 Å². The molecule has 0 atom stereocenters. The number of amides is 1. The minimum Gasteiger partial charge on any atom is -0.340 e. The number of aryl methyl sites for hydroxylation is 1. The molecule has 9 heteroatoms. The fourth-order valence-electron chi connectivity index (χ4n) is 3.57. The minimum atomic E-state index is -3.47. The van der Waals surface area contributed by atoms with Gasteiger partial charge in [0.05, 0.1) is 4.90 Å². The first-order valence-electron chi connectivity index (χ1n) is 9.80. The summed E-state index contributed by atoms with van der Waals surface area (Å²) >= 11 is 0. The number of nitrogens with one attached hydrogen (secondary N) is 2. The highest BCUT2D eigenvalue weighted by Crippen LogP contribution is 2.37. The third kappa shape index (κ3) is 4.56. The number of aromatic nitrogens is 2. The largest absolute Gasteiger partial charge is 0.340 e. The molecule has 0 saturated heterocycles. The van der Waals surface area contributed by atoms with Gasteiger partial charge in [-0.05, 0) is 49.5 Å². The third-order valence-electron chi connectivity index (χ3n) is 5.29. The highest BCUT2D eigenvalue weighted by atomic mass is 32.2. The molecule has 2 aliphatic carbocycles. The van der Waals surface area contributed by atoms with Gasteiger partial charge < -0.3 is 9.84 Å². The van der Waals surface area contributed by atoms with E-state index in [0.29, 0.717) is 11.7 Å². The molecule has 2 aromatic rings. The molecule has 0 unspecified atom stereocenters. The zero-order valence-corrected chi connectivity index (χ0v) is 17.0. The van der Waals surface area contributed by atoms with Crippen LogP contribution in [0.2, 0.25) is 0 Å². The van der Waals surface area contributed by atoms with Gasteiger partial charge in [-0.15, -0.1) is 0 Å². The predicted octanol–water partition coefficient (Wildman–Crippen LogP) is 2.42. The average molecular weight is 417 g/mol. The fourth-order valence-corrected chi connectivity index (χ4v) is 4.88. The molecule has 1 amide bonds. The Balaban J connectivity index is 1.42. The third-order valence-corrected chi connectivity index (χ3v) is 6.83. The van der Waals surface area contributed by atoms with Crippen molar-refractivity contribution in [1.82, 2.24) is 20.2 Å². The molecular formula is C20H24N4O4S. The molecule has 0 bridgehead atoms. The van der Waals surface area contributed by atoms with Crippen molar-refractivity contribution in [3.8, 4) is 0 Å². The second kappa shape index (κ2) is 7.72. The number of hydrogen-bond acceptors (Lipinski definition) is 6. The fraction of sp³-hybridized carbons (Fsp3) is 0.450. The Morgan fingerprint density at radius 1 is 1.21 bits per heavy atom. The topological polar surface area (TPSA) is 114 Å². The van der Waals surface area contributed by atoms with E-state index in [1.165, 1.54) is 6.08 Å². The normalized spacial score (nSPS) is 18.9. The molecule has 2 fully saturated rings. The summed E-state index contributed by atoms with van der Waals surface area (Å²) in [6.45, 7) is 1.73. The second-order valence-electron chi connectivity index (χ2n) is 7.71. The van der Waals surface area contributed by atoms with Gasteiger partial charge in [-0.1, -0.05) is 30.1 Å². The van der Waals surface area contributed by atoms with Crippen molar-refractivity contribution in [2.75, 3.05) is 0 Å². The van der Waals surface area contributed by atoms with E-state index in [-0.39, 0.29) is 16.8 Å².